The Balaban J connectivity index is 1.66. The van der Waals surface area contributed by atoms with Crippen LogP contribution in [0.15, 0.2) is 58.9 Å². The second kappa shape index (κ2) is 7.02. The van der Waals surface area contributed by atoms with E-state index in [4.69, 9.17) is 10.00 Å². The van der Waals surface area contributed by atoms with Gasteiger partial charge in [0.05, 0.1) is 28.8 Å². The zero-order valence-corrected chi connectivity index (χ0v) is 15.8. The maximum absolute atomic E-state index is 12.7. The summed E-state index contributed by atoms with van der Waals surface area (Å²) in [5, 5.41) is 11.3. The van der Waals surface area contributed by atoms with Crippen molar-refractivity contribution in [3.63, 3.8) is 0 Å². The van der Waals surface area contributed by atoms with Crippen LogP contribution in [0.3, 0.4) is 0 Å². The molecule has 27 heavy (non-hydrogen) atoms. The molecule has 0 fully saturated rings. The van der Waals surface area contributed by atoms with Crippen molar-refractivity contribution < 1.29 is 13.2 Å². The van der Waals surface area contributed by atoms with Gasteiger partial charge < -0.3 is 9.64 Å². The minimum Gasteiger partial charge on any atom is -0.489 e. The number of thiazole rings is 1. The van der Waals surface area contributed by atoms with Gasteiger partial charge in [0.15, 0.2) is 9.84 Å². The fourth-order valence-corrected chi connectivity index (χ4v) is 5.21. The number of sulfone groups is 1. The van der Waals surface area contributed by atoms with E-state index in [0.29, 0.717) is 29.5 Å². The minimum absolute atomic E-state index is 0.122. The first-order valence-electron chi connectivity index (χ1n) is 8.22. The molecule has 0 saturated heterocycles. The van der Waals surface area contributed by atoms with Crippen molar-refractivity contribution >= 4 is 32.5 Å². The highest BCUT2D eigenvalue weighted by atomic mass is 32.2. The van der Waals surface area contributed by atoms with Gasteiger partial charge in [-0.15, -0.1) is 11.3 Å². The molecule has 136 valence electrons. The largest absolute Gasteiger partial charge is 0.489 e. The molecule has 0 atom stereocenters. The molecule has 0 spiro atoms. The van der Waals surface area contributed by atoms with E-state index in [1.807, 2.05) is 12.1 Å². The van der Waals surface area contributed by atoms with Gasteiger partial charge in [-0.3, -0.25) is 0 Å². The van der Waals surface area contributed by atoms with Gasteiger partial charge in [-0.1, -0.05) is 0 Å². The number of hydrogen-bond donors (Lipinski definition) is 0. The summed E-state index contributed by atoms with van der Waals surface area (Å²) in [4.78, 5) is 6.33. The lowest BCUT2D eigenvalue weighted by molar-refractivity contribution is 0.313. The molecule has 8 heteroatoms. The molecule has 1 aliphatic heterocycles. The lowest BCUT2D eigenvalue weighted by Crippen LogP contribution is -2.28. The van der Waals surface area contributed by atoms with Crippen LogP contribution in [0.2, 0.25) is 0 Å². The Morgan fingerprint density at radius 3 is 2.74 bits per heavy atom. The van der Waals surface area contributed by atoms with Gasteiger partial charge in [0.25, 0.3) is 0 Å². The average molecular weight is 397 g/mol. The van der Waals surface area contributed by atoms with Crippen molar-refractivity contribution in [1.29, 1.82) is 5.26 Å². The zero-order chi connectivity index (χ0) is 18.9. The Morgan fingerprint density at radius 1 is 1.22 bits per heavy atom. The van der Waals surface area contributed by atoms with Crippen molar-refractivity contribution in [2.45, 2.75) is 10.6 Å². The average Bonchev–Trinajstić information content (AvgIpc) is 3.19. The monoisotopic (exact) mass is 397 g/mol. The molecule has 3 aromatic rings. The van der Waals surface area contributed by atoms with E-state index in [1.54, 1.807) is 41.9 Å². The number of nitriles is 1. The van der Waals surface area contributed by atoms with Gasteiger partial charge in [0.1, 0.15) is 23.1 Å². The highest BCUT2D eigenvalue weighted by Crippen LogP contribution is 2.38. The van der Waals surface area contributed by atoms with Crippen LogP contribution < -0.4 is 9.64 Å². The molecule has 0 bridgehead atoms. The third kappa shape index (κ3) is 3.52. The van der Waals surface area contributed by atoms with Gasteiger partial charge in [-0.2, -0.15) is 5.26 Å². The molecule has 0 N–H and O–H groups in total. The summed E-state index contributed by atoms with van der Waals surface area (Å²) in [5.41, 5.74) is 2.33. The second-order valence-electron chi connectivity index (χ2n) is 5.97. The highest BCUT2D eigenvalue weighted by Gasteiger charge is 2.24. The summed E-state index contributed by atoms with van der Waals surface area (Å²) in [6.07, 6.45) is 1.60. The Bertz CT molecular complexity index is 1100. The molecule has 4 rings (SSSR count). The summed E-state index contributed by atoms with van der Waals surface area (Å²) in [7, 11) is -3.49. The van der Waals surface area contributed by atoms with Crippen LogP contribution in [-0.4, -0.2) is 26.6 Å². The summed E-state index contributed by atoms with van der Waals surface area (Å²) < 4.78 is 31.1. The summed E-state index contributed by atoms with van der Waals surface area (Å²) in [5.74, 6) is 0.411. The maximum Gasteiger partial charge on any atom is 0.185 e. The fraction of sp³-hybridized carbons (Fsp3) is 0.158. The van der Waals surface area contributed by atoms with E-state index in [0.717, 1.165) is 11.4 Å². The Labute approximate surface area is 161 Å². The van der Waals surface area contributed by atoms with Crippen molar-refractivity contribution in [3.8, 4) is 11.8 Å². The van der Waals surface area contributed by atoms with Gasteiger partial charge in [0, 0.05) is 23.3 Å². The van der Waals surface area contributed by atoms with E-state index >= 15 is 0 Å². The molecule has 0 aliphatic carbocycles. The quantitative estimate of drug-likeness (QED) is 0.670. The Morgan fingerprint density at radius 2 is 2.04 bits per heavy atom. The first-order chi connectivity index (χ1) is 13.1. The first-order valence-corrected chi connectivity index (χ1v) is 10.8. The number of nitrogens with zero attached hydrogens (tertiary/aromatic N) is 3. The molecular weight excluding hydrogens is 382 g/mol. The molecular formula is C19H15N3O3S2. The van der Waals surface area contributed by atoms with E-state index in [9.17, 15) is 8.42 Å². The molecule has 1 aliphatic rings. The van der Waals surface area contributed by atoms with Crippen LogP contribution in [-0.2, 0) is 15.6 Å². The number of anilines is 2. The Hall–Kier alpha value is -2.89. The zero-order valence-electron chi connectivity index (χ0n) is 14.2. The van der Waals surface area contributed by atoms with Crippen molar-refractivity contribution in [2.24, 2.45) is 0 Å². The standard InChI is InChI=1S/C19H15N3O3S2/c20-12-14-1-3-15(4-2-14)22-8-9-25-18-11-16(5-6-17(18)22)27(23,24)13-19-21-7-10-26-19/h1-7,10-11H,8-9,13H2. The van der Waals surface area contributed by atoms with Crippen LogP contribution in [0.4, 0.5) is 11.4 Å². The predicted molar refractivity (Wildman–Crippen MR) is 103 cm³/mol. The first kappa shape index (κ1) is 17.5. The molecule has 6 nitrogen and oxygen atoms in total. The molecule has 1 aromatic heterocycles. The fourth-order valence-electron chi connectivity index (χ4n) is 2.95. The Kier molecular flexibility index (Phi) is 4.56. The van der Waals surface area contributed by atoms with Gasteiger partial charge in [-0.25, -0.2) is 13.4 Å². The maximum atomic E-state index is 12.7. The smallest absolute Gasteiger partial charge is 0.185 e. The summed E-state index contributed by atoms with van der Waals surface area (Å²) >= 11 is 1.32. The summed E-state index contributed by atoms with van der Waals surface area (Å²) in [6.45, 7) is 1.09. The SMILES string of the molecule is N#Cc1ccc(N2CCOc3cc(S(=O)(=O)Cc4nccs4)ccc32)cc1. The van der Waals surface area contributed by atoms with Crippen LogP contribution >= 0.6 is 11.3 Å². The molecule has 0 radical (unpaired) electrons. The number of rotatable bonds is 4. The lowest BCUT2D eigenvalue weighted by atomic mass is 10.1. The molecule has 0 unspecified atom stereocenters. The molecule has 0 amide bonds. The second-order valence-corrected chi connectivity index (χ2v) is 8.94. The van der Waals surface area contributed by atoms with Gasteiger partial charge in [-0.05, 0) is 36.4 Å². The topological polar surface area (TPSA) is 83.3 Å². The van der Waals surface area contributed by atoms with Crippen LogP contribution in [0, 0.1) is 11.3 Å². The van der Waals surface area contributed by atoms with Crippen molar-refractivity contribution in [3.05, 3.63) is 64.6 Å². The van der Waals surface area contributed by atoms with Gasteiger partial charge in [0.2, 0.25) is 0 Å². The van der Waals surface area contributed by atoms with Crippen LogP contribution in [0.5, 0.6) is 5.75 Å². The van der Waals surface area contributed by atoms with Gasteiger partial charge >= 0.3 is 0 Å². The number of benzene rings is 2. The van der Waals surface area contributed by atoms with E-state index in [2.05, 4.69) is 16.0 Å². The van der Waals surface area contributed by atoms with E-state index in [1.165, 1.54) is 11.3 Å². The van der Waals surface area contributed by atoms with Crippen molar-refractivity contribution in [2.75, 3.05) is 18.1 Å². The van der Waals surface area contributed by atoms with Crippen molar-refractivity contribution in [1.82, 2.24) is 4.98 Å². The molecule has 0 saturated carbocycles. The third-order valence-corrected chi connectivity index (χ3v) is 6.85. The number of aromatic nitrogens is 1. The van der Waals surface area contributed by atoms with Crippen LogP contribution in [0.1, 0.15) is 10.6 Å². The lowest BCUT2D eigenvalue weighted by Gasteiger charge is -2.31. The number of fused-ring (bicyclic) bond motifs is 1. The number of hydrogen-bond acceptors (Lipinski definition) is 7. The highest BCUT2D eigenvalue weighted by molar-refractivity contribution is 7.90. The summed E-state index contributed by atoms with van der Waals surface area (Å²) in [6, 6.07) is 14.3. The van der Waals surface area contributed by atoms with E-state index in [-0.39, 0.29) is 10.6 Å². The molecule has 2 heterocycles. The normalized spacial score (nSPS) is 13.5. The minimum atomic E-state index is -3.49. The molecule has 2 aromatic carbocycles. The third-order valence-electron chi connectivity index (χ3n) is 4.26. The predicted octanol–water partition coefficient (Wildman–Crippen LogP) is 3.52. The number of ether oxygens (including phenoxy) is 1. The van der Waals surface area contributed by atoms with Crippen LogP contribution in [0.25, 0.3) is 0 Å². The van der Waals surface area contributed by atoms with E-state index < -0.39 is 9.84 Å².